The Labute approximate surface area is 161 Å². The maximum absolute atomic E-state index is 13.0. The van der Waals surface area contributed by atoms with Gasteiger partial charge in [-0.2, -0.15) is 0 Å². The third-order valence-electron chi connectivity index (χ3n) is 5.64. The summed E-state index contributed by atoms with van der Waals surface area (Å²) in [5.74, 6) is 1.52. The van der Waals surface area contributed by atoms with Crippen molar-refractivity contribution in [1.82, 2.24) is 9.97 Å². The molecule has 0 bridgehead atoms. The summed E-state index contributed by atoms with van der Waals surface area (Å²) in [6, 6.07) is 10.1. The molecule has 0 saturated heterocycles. The van der Waals surface area contributed by atoms with Crippen LogP contribution in [0.2, 0.25) is 0 Å². The van der Waals surface area contributed by atoms with Crippen molar-refractivity contribution in [2.75, 3.05) is 0 Å². The van der Waals surface area contributed by atoms with Crippen molar-refractivity contribution in [2.45, 2.75) is 31.6 Å². The lowest BCUT2D eigenvalue weighted by Gasteiger charge is -2.06. The van der Waals surface area contributed by atoms with Gasteiger partial charge in [0.15, 0.2) is 0 Å². The molecule has 1 aliphatic carbocycles. The number of rotatable bonds is 3. The highest BCUT2D eigenvalue weighted by Crippen LogP contribution is 2.33. The molecule has 0 amide bonds. The van der Waals surface area contributed by atoms with Crippen LogP contribution in [0.4, 0.5) is 0 Å². The minimum Gasteiger partial charge on any atom is -0.456 e. The van der Waals surface area contributed by atoms with Gasteiger partial charge < -0.3 is 19.4 Å². The zero-order valence-corrected chi connectivity index (χ0v) is 15.2. The van der Waals surface area contributed by atoms with Crippen LogP contribution in [-0.2, 0) is 0 Å². The highest BCUT2D eigenvalue weighted by Gasteiger charge is 2.20. The molecule has 0 spiro atoms. The van der Waals surface area contributed by atoms with Crippen molar-refractivity contribution in [2.24, 2.45) is 0 Å². The number of hydrogen-bond acceptors (Lipinski definition) is 5. The molecular weight excluding hydrogens is 355 g/mol. The monoisotopic (exact) mass is 374 g/mol. The Morgan fingerprint density at radius 3 is 2.64 bits per heavy atom. The maximum Gasteiger partial charge on any atom is 0.488 e. The Hall–Kier alpha value is -2.90. The molecule has 5 rings (SSSR count). The quantitative estimate of drug-likeness (QED) is 0.378. The number of nitrogens with zero attached hydrogens (tertiary/aromatic N) is 1. The van der Waals surface area contributed by atoms with Crippen LogP contribution in [0, 0.1) is 0 Å². The van der Waals surface area contributed by atoms with Crippen LogP contribution in [0.1, 0.15) is 37.4 Å². The number of H-pyrrole nitrogens is 1. The van der Waals surface area contributed by atoms with E-state index in [1.54, 1.807) is 12.1 Å². The van der Waals surface area contributed by atoms with E-state index >= 15 is 0 Å². The first-order valence-electron chi connectivity index (χ1n) is 9.52. The second-order valence-electron chi connectivity index (χ2n) is 7.43. The summed E-state index contributed by atoms with van der Waals surface area (Å²) < 4.78 is 5.85. The average Bonchev–Trinajstić information content (AvgIpc) is 3.39. The molecule has 4 aromatic rings. The summed E-state index contributed by atoms with van der Waals surface area (Å²) in [6.45, 7) is 0. The highest BCUT2D eigenvalue weighted by molar-refractivity contribution is 6.58. The van der Waals surface area contributed by atoms with Crippen molar-refractivity contribution in [1.29, 1.82) is 0 Å². The van der Waals surface area contributed by atoms with Gasteiger partial charge >= 0.3 is 7.12 Å². The van der Waals surface area contributed by atoms with Crippen LogP contribution in [0.25, 0.3) is 33.2 Å². The van der Waals surface area contributed by atoms with E-state index in [1.165, 1.54) is 37.8 Å². The van der Waals surface area contributed by atoms with Gasteiger partial charge in [0.2, 0.25) is 5.43 Å². The van der Waals surface area contributed by atoms with Crippen molar-refractivity contribution in [3.8, 4) is 11.3 Å². The SMILES string of the molecule is O=c1c2ccc(B(O)O)cc2oc2ccc(-c3cnc(C4CCCC4)[nH]3)cc12. The van der Waals surface area contributed by atoms with E-state index in [9.17, 15) is 14.8 Å². The van der Waals surface area contributed by atoms with Crippen LogP contribution in [0.3, 0.4) is 0 Å². The second kappa shape index (κ2) is 6.62. The molecule has 1 aliphatic rings. The molecule has 0 atom stereocenters. The molecule has 6 nitrogen and oxygen atoms in total. The van der Waals surface area contributed by atoms with Crippen molar-refractivity contribution in [3.63, 3.8) is 0 Å². The van der Waals surface area contributed by atoms with Gasteiger partial charge in [-0.25, -0.2) is 4.98 Å². The van der Waals surface area contributed by atoms with Gasteiger partial charge in [0, 0.05) is 11.5 Å². The average molecular weight is 374 g/mol. The Balaban J connectivity index is 1.61. The third-order valence-corrected chi connectivity index (χ3v) is 5.64. The van der Waals surface area contributed by atoms with Gasteiger partial charge in [0.05, 0.1) is 22.7 Å². The molecule has 140 valence electrons. The highest BCUT2D eigenvalue weighted by atomic mass is 16.4. The smallest absolute Gasteiger partial charge is 0.456 e. The van der Waals surface area contributed by atoms with Gasteiger partial charge in [-0.15, -0.1) is 0 Å². The van der Waals surface area contributed by atoms with Crippen LogP contribution in [-0.4, -0.2) is 27.1 Å². The topological polar surface area (TPSA) is 99.3 Å². The van der Waals surface area contributed by atoms with Gasteiger partial charge in [0.1, 0.15) is 17.0 Å². The third kappa shape index (κ3) is 2.84. The number of aromatic nitrogens is 2. The Kier molecular flexibility index (Phi) is 4.07. The molecule has 7 heteroatoms. The number of nitrogens with one attached hydrogen (secondary N) is 1. The second-order valence-corrected chi connectivity index (χ2v) is 7.43. The molecule has 2 aromatic heterocycles. The van der Waals surface area contributed by atoms with Crippen molar-refractivity contribution >= 4 is 34.5 Å². The molecule has 2 heterocycles. The van der Waals surface area contributed by atoms with Gasteiger partial charge in [-0.3, -0.25) is 4.79 Å². The molecule has 28 heavy (non-hydrogen) atoms. The summed E-state index contributed by atoms with van der Waals surface area (Å²) >= 11 is 0. The molecule has 3 N–H and O–H groups in total. The number of imidazole rings is 1. The fourth-order valence-electron chi connectivity index (χ4n) is 4.09. The predicted octanol–water partition coefficient (Wildman–Crippen LogP) is 2.67. The Bertz CT molecular complexity index is 1240. The fraction of sp³-hybridized carbons (Fsp3) is 0.238. The molecule has 0 unspecified atom stereocenters. The Morgan fingerprint density at radius 2 is 1.86 bits per heavy atom. The summed E-state index contributed by atoms with van der Waals surface area (Å²) in [5.41, 5.74) is 2.71. The van der Waals surface area contributed by atoms with Crippen LogP contribution >= 0.6 is 0 Å². The van der Waals surface area contributed by atoms with Crippen LogP contribution in [0.5, 0.6) is 0 Å². The fourth-order valence-corrected chi connectivity index (χ4v) is 4.09. The van der Waals surface area contributed by atoms with Gasteiger partial charge in [-0.1, -0.05) is 18.9 Å². The first-order valence-corrected chi connectivity index (χ1v) is 9.52. The van der Waals surface area contributed by atoms with E-state index in [2.05, 4.69) is 9.97 Å². The van der Waals surface area contributed by atoms with Crippen LogP contribution in [0.15, 0.2) is 51.8 Å². The largest absolute Gasteiger partial charge is 0.488 e. The number of hydrogen-bond donors (Lipinski definition) is 3. The lowest BCUT2D eigenvalue weighted by molar-refractivity contribution is 0.425. The molecular formula is C21H19BN2O4. The summed E-state index contributed by atoms with van der Waals surface area (Å²) in [4.78, 5) is 20.9. The van der Waals surface area contributed by atoms with E-state index < -0.39 is 7.12 Å². The lowest BCUT2D eigenvalue weighted by atomic mass is 9.80. The van der Waals surface area contributed by atoms with E-state index in [4.69, 9.17) is 4.42 Å². The Morgan fingerprint density at radius 1 is 1.04 bits per heavy atom. The lowest BCUT2D eigenvalue weighted by Crippen LogP contribution is -2.29. The van der Waals surface area contributed by atoms with Gasteiger partial charge in [-0.05, 0) is 48.6 Å². The molecule has 1 fully saturated rings. The summed E-state index contributed by atoms with van der Waals surface area (Å²) in [7, 11) is -1.61. The first kappa shape index (κ1) is 17.2. The normalized spacial score (nSPS) is 14.9. The minimum absolute atomic E-state index is 0.146. The van der Waals surface area contributed by atoms with Gasteiger partial charge in [0.25, 0.3) is 0 Å². The zero-order chi connectivity index (χ0) is 19.3. The minimum atomic E-state index is -1.61. The number of benzene rings is 2. The summed E-state index contributed by atoms with van der Waals surface area (Å²) in [6.07, 6.45) is 6.67. The van der Waals surface area contributed by atoms with E-state index in [0.29, 0.717) is 27.9 Å². The first-order chi connectivity index (χ1) is 13.6. The maximum atomic E-state index is 13.0. The molecule has 1 saturated carbocycles. The molecule has 0 radical (unpaired) electrons. The van der Waals surface area contributed by atoms with E-state index in [-0.39, 0.29) is 10.9 Å². The molecule has 0 aliphatic heterocycles. The molecule has 2 aromatic carbocycles. The van der Waals surface area contributed by atoms with E-state index in [0.717, 1.165) is 17.1 Å². The number of fused-ring (bicyclic) bond motifs is 2. The van der Waals surface area contributed by atoms with Crippen LogP contribution < -0.4 is 10.9 Å². The van der Waals surface area contributed by atoms with Crippen molar-refractivity contribution < 1.29 is 14.5 Å². The summed E-state index contributed by atoms with van der Waals surface area (Å²) in [5, 5.41) is 19.6. The van der Waals surface area contributed by atoms with E-state index in [1.807, 2.05) is 18.3 Å². The zero-order valence-electron chi connectivity index (χ0n) is 15.2. The standard InChI is InChI=1S/C21H19BN2O4/c25-20-15-7-6-14(22(26)27)10-19(15)28-18-8-5-13(9-16(18)20)17-11-23-21(24-17)12-3-1-2-4-12/h5-12,26-27H,1-4H2,(H,23,24). The van der Waals surface area contributed by atoms with Crippen molar-refractivity contribution in [3.05, 3.63) is 58.6 Å². The number of aromatic amines is 1. The predicted molar refractivity (Wildman–Crippen MR) is 109 cm³/mol.